The van der Waals surface area contributed by atoms with E-state index in [2.05, 4.69) is 57.2 Å². The average Bonchev–Trinajstić information content (AvgIpc) is 3.21. The van der Waals surface area contributed by atoms with E-state index >= 15 is 0 Å². The highest BCUT2D eigenvalue weighted by atomic mass is 16.6. The highest BCUT2D eigenvalue weighted by molar-refractivity contribution is 5.71. The highest BCUT2D eigenvalue weighted by Gasteiger charge is 2.19. The maximum Gasteiger partial charge on any atom is 0.306 e. The van der Waals surface area contributed by atoms with Crippen molar-refractivity contribution in [2.75, 3.05) is 13.2 Å². The summed E-state index contributed by atoms with van der Waals surface area (Å²) >= 11 is 0. The largest absolute Gasteiger partial charge is 0.462 e. The summed E-state index contributed by atoms with van der Waals surface area (Å²) in [4.78, 5) is 37.6. The molecule has 0 rings (SSSR count). The van der Waals surface area contributed by atoms with Gasteiger partial charge in [0.25, 0.3) is 0 Å². The summed E-state index contributed by atoms with van der Waals surface area (Å²) in [5.41, 5.74) is 0. The van der Waals surface area contributed by atoms with Crippen molar-refractivity contribution in [2.45, 2.75) is 258 Å². The molecule has 0 radical (unpaired) electrons. The molecule has 1 unspecified atom stereocenters. The maximum atomic E-state index is 12.6. The molecule has 6 nitrogen and oxygen atoms in total. The number of esters is 3. The smallest absolute Gasteiger partial charge is 0.306 e. The number of hydrogen-bond acceptors (Lipinski definition) is 6. The van der Waals surface area contributed by atoms with E-state index in [1.807, 2.05) is 0 Å². The van der Waals surface area contributed by atoms with Crippen LogP contribution in [0.3, 0.4) is 0 Å². The molecule has 0 N–H and O–H groups in total. The summed E-state index contributed by atoms with van der Waals surface area (Å²) in [5.74, 6) is -0.884. The van der Waals surface area contributed by atoms with Gasteiger partial charge in [-0.25, -0.2) is 0 Å². The minimum atomic E-state index is -0.766. The fraction of sp³-hybridized carbons (Fsp3) is 0.824. The molecule has 0 aromatic rings. The zero-order chi connectivity index (χ0) is 41.5. The Kier molecular flexibility index (Phi) is 44.4. The van der Waals surface area contributed by atoms with E-state index in [0.717, 1.165) is 77.0 Å². The molecule has 0 saturated carbocycles. The van der Waals surface area contributed by atoms with Crippen molar-refractivity contribution in [3.63, 3.8) is 0 Å². The number of unbranched alkanes of at least 4 members (excludes halogenated alkanes) is 27. The van der Waals surface area contributed by atoms with Gasteiger partial charge in [0.2, 0.25) is 0 Å². The molecular weight excluding hydrogens is 709 g/mol. The molecule has 6 heteroatoms. The Hall–Kier alpha value is -2.37. The summed E-state index contributed by atoms with van der Waals surface area (Å²) in [6.07, 6.45) is 52.9. The third-order valence-electron chi connectivity index (χ3n) is 10.6. The Morgan fingerprint density at radius 1 is 0.351 bits per heavy atom. The van der Waals surface area contributed by atoms with Gasteiger partial charge in [0.05, 0.1) is 0 Å². The number of carbonyl (C=O) groups is 3. The molecule has 332 valence electrons. The van der Waals surface area contributed by atoms with Gasteiger partial charge >= 0.3 is 17.9 Å². The molecule has 0 aliphatic heterocycles. The first-order chi connectivity index (χ1) is 28.0. The lowest BCUT2D eigenvalue weighted by molar-refractivity contribution is -0.167. The summed E-state index contributed by atoms with van der Waals surface area (Å²) < 4.78 is 16.6. The first-order valence-electron chi connectivity index (χ1n) is 24.5. The highest BCUT2D eigenvalue weighted by Crippen LogP contribution is 2.14. The van der Waals surface area contributed by atoms with Crippen LogP contribution in [-0.2, 0) is 28.6 Å². The first kappa shape index (κ1) is 54.6. The number of ether oxygens (including phenoxy) is 3. The molecule has 0 heterocycles. The molecule has 0 saturated heterocycles. The number of carbonyl (C=O) groups excluding carboxylic acids is 3. The van der Waals surface area contributed by atoms with E-state index in [4.69, 9.17) is 14.2 Å². The van der Waals surface area contributed by atoms with Crippen molar-refractivity contribution in [1.82, 2.24) is 0 Å². The predicted molar refractivity (Wildman–Crippen MR) is 242 cm³/mol. The molecule has 0 aromatic carbocycles. The van der Waals surface area contributed by atoms with Crippen LogP contribution >= 0.6 is 0 Å². The third-order valence-corrected chi connectivity index (χ3v) is 10.6. The van der Waals surface area contributed by atoms with Crippen LogP contribution in [0.5, 0.6) is 0 Å². The SMILES string of the molecule is CCCCCCC/C=C\C/C=C\C/C=C\CCCCCCCCCCC(=O)OCC(COC(=O)CCCCCCCCCC)OC(=O)CCCCCCCCCC. The summed E-state index contributed by atoms with van der Waals surface area (Å²) in [6, 6.07) is 0. The minimum absolute atomic E-state index is 0.0720. The Morgan fingerprint density at radius 3 is 0.982 bits per heavy atom. The van der Waals surface area contributed by atoms with Crippen molar-refractivity contribution >= 4 is 17.9 Å². The van der Waals surface area contributed by atoms with Crippen LogP contribution in [0.4, 0.5) is 0 Å². The molecule has 0 bridgehead atoms. The normalized spacial score (nSPS) is 12.3. The Bertz CT molecular complexity index is 969. The predicted octanol–water partition coefficient (Wildman–Crippen LogP) is 15.8. The Balaban J connectivity index is 4.14. The second-order valence-electron chi connectivity index (χ2n) is 16.4. The zero-order valence-corrected chi connectivity index (χ0v) is 37.9. The van der Waals surface area contributed by atoms with Gasteiger partial charge in [-0.05, 0) is 57.8 Å². The summed E-state index contributed by atoms with van der Waals surface area (Å²) in [6.45, 7) is 6.56. The third kappa shape index (κ3) is 44.6. The number of allylic oxidation sites excluding steroid dienone is 6. The topological polar surface area (TPSA) is 78.9 Å². The Labute approximate surface area is 353 Å². The van der Waals surface area contributed by atoms with E-state index in [1.54, 1.807) is 0 Å². The fourth-order valence-corrected chi connectivity index (χ4v) is 6.92. The van der Waals surface area contributed by atoms with E-state index in [-0.39, 0.29) is 31.1 Å². The molecular formula is C51H92O6. The Morgan fingerprint density at radius 2 is 0.632 bits per heavy atom. The molecule has 57 heavy (non-hydrogen) atoms. The molecule has 0 aromatic heterocycles. The van der Waals surface area contributed by atoms with Crippen LogP contribution in [0.1, 0.15) is 252 Å². The van der Waals surface area contributed by atoms with Gasteiger partial charge in [0.1, 0.15) is 13.2 Å². The second-order valence-corrected chi connectivity index (χ2v) is 16.4. The van der Waals surface area contributed by atoms with Crippen LogP contribution < -0.4 is 0 Å². The average molecular weight is 801 g/mol. The van der Waals surface area contributed by atoms with Crippen molar-refractivity contribution in [3.05, 3.63) is 36.5 Å². The van der Waals surface area contributed by atoms with E-state index < -0.39 is 6.10 Å². The van der Waals surface area contributed by atoms with Crippen molar-refractivity contribution < 1.29 is 28.6 Å². The minimum Gasteiger partial charge on any atom is -0.462 e. The van der Waals surface area contributed by atoms with E-state index in [0.29, 0.717) is 19.3 Å². The molecule has 0 aliphatic carbocycles. The molecule has 0 spiro atoms. The van der Waals surface area contributed by atoms with Crippen LogP contribution in [-0.4, -0.2) is 37.2 Å². The lowest BCUT2D eigenvalue weighted by Crippen LogP contribution is -2.30. The molecule has 0 aliphatic rings. The molecule has 1 atom stereocenters. The van der Waals surface area contributed by atoms with Crippen LogP contribution in [0.15, 0.2) is 36.5 Å². The van der Waals surface area contributed by atoms with Gasteiger partial charge in [0.15, 0.2) is 6.10 Å². The van der Waals surface area contributed by atoms with Crippen LogP contribution in [0, 0.1) is 0 Å². The van der Waals surface area contributed by atoms with Crippen molar-refractivity contribution in [3.8, 4) is 0 Å². The van der Waals surface area contributed by atoms with Crippen molar-refractivity contribution in [1.29, 1.82) is 0 Å². The van der Waals surface area contributed by atoms with Crippen molar-refractivity contribution in [2.24, 2.45) is 0 Å². The summed E-state index contributed by atoms with van der Waals surface area (Å²) in [5, 5.41) is 0. The quantitative estimate of drug-likeness (QED) is 0.0264. The molecule has 0 amide bonds. The summed E-state index contributed by atoms with van der Waals surface area (Å²) in [7, 11) is 0. The van der Waals surface area contributed by atoms with Gasteiger partial charge in [-0.2, -0.15) is 0 Å². The lowest BCUT2D eigenvalue weighted by Gasteiger charge is -2.18. The van der Waals surface area contributed by atoms with Crippen LogP contribution in [0.2, 0.25) is 0 Å². The van der Waals surface area contributed by atoms with E-state index in [9.17, 15) is 14.4 Å². The van der Waals surface area contributed by atoms with E-state index in [1.165, 1.54) is 135 Å². The fourth-order valence-electron chi connectivity index (χ4n) is 6.92. The first-order valence-corrected chi connectivity index (χ1v) is 24.5. The van der Waals surface area contributed by atoms with Gasteiger partial charge in [-0.3, -0.25) is 14.4 Å². The standard InChI is InChI=1S/C51H92O6/c1-4-7-10-13-16-19-20-21-22-23-24-25-26-27-28-29-30-31-32-33-36-38-41-44-50(53)56-47-48(57-51(54)45-42-39-35-18-15-12-9-6-3)46-55-49(52)43-40-37-34-17-14-11-8-5-2/h20-21,23-24,26-27,48H,4-19,22,25,28-47H2,1-3H3/b21-20-,24-23-,27-26-. The zero-order valence-electron chi connectivity index (χ0n) is 37.9. The monoisotopic (exact) mass is 801 g/mol. The van der Waals surface area contributed by atoms with Gasteiger partial charge in [-0.1, -0.05) is 211 Å². The van der Waals surface area contributed by atoms with Gasteiger partial charge in [-0.15, -0.1) is 0 Å². The second kappa shape index (κ2) is 46.3. The number of rotatable bonds is 44. The maximum absolute atomic E-state index is 12.6. The van der Waals surface area contributed by atoms with Gasteiger partial charge < -0.3 is 14.2 Å². The number of hydrogen-bond donors (Lipinski definition) is 0. The van der Waals surface area contributed by atoms with Crippen LogP contribution in [0.25, 0.3) is 0 Å². The lowest BCUT2D eigenvalue weighted by atomic mass is 10.1. The van der Waals surface area contributed by atoms with Gasteiger partial charge in [0, 0.05) is 19.3 Å². The molecule has 0 fully saturated rings.